The maximum absolute atomic E-state index is 12.6. The van der Waals surface area contributed by atoms with Gasteiger partial charge >= 0.3 is 0 Å². The molecule has 2 aliphatic rings. The van der Waals surface area contributed by atoms with Crippen LogP contribution in [-0.2, 0) is 16.1 Å². The number of aromatic nitrogens is 1. The van der Waals surface area contributed by atoms with Gasteiger partial charge in [-0.2, -0.15) is 0 Å². The van der Waals surface area contributed by atoms with Crippen molar-refractivity contribution in [1.82, 2.24) is 20.1 Å². The van der Waals surface area contributed by atoms with E-state index in [0.717, 1.165) is 55.0 Å². The lowest BCUT2D eigenvalue weighted by Gasteiger charge is -2.37. The highest BCUT2D eigenvalue weighted by molar-refractivity contribution is 5.90. The van der Waals surface area contributed by atoms with E-state index >= 15 is 0 Å². The van der Waals surface area contributed by atoms with Crippen molar-refractivity contribution >= 4 is 11.8 Å². The van der Waals surface area contributed by atoms with Crippen LogP contribution in [0.3, 0.4) is 0 Å². The average Bonchev–Trinajstić information content (AvgIpc) is 3.10. The van der Waals surface area contributed by atoms with Gasteiger partial charge in [0.15, 0.2) is 0 Å². The van der Waals surface area contributed by atoms with Crippen LogP contribution in [0, 0.1) is 13.8 Å². The Balaban J connectivity index is 1.55. The highest BCUT2D eigenvalue weighted by Crippen LogP contribution is 2.26. The molecule has 27 heavy (non-hydrogen) atoms. The van der Waals surface area contributed by atoms with Crippen LogP contribution < -0.4 is 10.1 Å². The third-order valence-corrected chi connectivity index (χ3v) is 5.87. The number of likely N-dealkylation sites (N-methyl/N-ethyl adjacent to an activating group) is 1. The number of aryl methyl sites for hydroxylation is 1. The van der Waals surface area contributed by atoms with Gasteiger partial charge in [-0.1, -0.05) is 0 Å². The Morgan fingerprint density at radius 1 is 1.33 bits per heavy atom. The summed E-state index contributed by atoms with van der Waals surface area (Å²) in [6.07, 6.45) is 4.81. The predicted molar refractivity (Wildman–Crippen MR) is 102 cm³/mol. The summed E-state index contributed by atoms with van der Waals surface area (Å²) in [5, 5.41) is 2.78. The molecule has 1 aromatic heterocycles. The smallest absolute Gasteiger partial charge is 0.245 e. The number of pyridine rings is 1. The van der Waals surface area contributed by atoms with Gasteiger partial charge in [0.05, 0.1) is 12.8 Å². The normalized spacial score (nSPS) is 21.2. The van der Waals surface area contributed by atoms with E-state index in [1.165, 1.54) is 0 Å². The van der Waals surface area contributed by atoms with Crippen LogP contribution >= 0.6 is 0 Å². The minimum absolute atomic E-state index is 0.0204. The Hall–Kier alpha value is -2.15. The van der Waals surface area contributed by atoms with Gasteiger partial charge in [-0.15, -0.1) is 0 Å². The molecule has 2 saturated heterocycles. The number of amides is 2. The minimum Gasteiger partial charge on any atom is -0.496 e. The molecule has 0 radical (unpaired) electrons. The molecule has 3 heterocycles. The van der Waals surface area contributed by atoms with Gasteiger partial charge < -0.3 is 15.0 Å². The van der Waals surface area contributed by atoms with Crippen molar-refractivity contribution in [2.75, 3.05) is 27.2 Å². The van der Waals surface area contributed by atoms with Crippen molar-refractivity contribution in [1.29, 1.82) is 0 Å². The minimum atomic E-state index is -0.340. The Kier molecular flexibility index (Phi) is 5.99. The van der Waals surface area contributed by atoms with Crippen molar-refractivity contribution < 1.29 is 14.3 Å². The Morgan fingerprint density at radius 3 is 2.63 bits per heavy atom. The average molecular weight is 374 g/mol. The summed E-state index contributed by atoms with van der Waals surface area (Å²) in [5.74, 6) is 0.937. The molecule has 2 fully saturated rings. The molecule has 0 aliphatic carbocycles. The van der Waals surface area contributed by atoms with Crippen LogP contribution in [-0.4, -0.2) is 65.9 Å². The first-order valence-corrected chi connectivity index (χ1v) is 9.68. The zero-order valence-electron chi connectivity index (χ0n) is 16.7. The predicted octanol–water partition coefficient (Wildman–Crippen LogP) is 1.41. The van der Waals surface area contributed by atoms with Crippen molar-refractivity contribution in [2.24, 2.45) is 0 Å². The second-order valence-electron chi connectivity index (χ2n) is 7.66. The third kappa shape index (κ3) is 4.24. The molecule has 0 aromatic carbocycles. The first-order chi connectivity index (χ1) is 12.9. The maximum atomic E-state index is 12.6. The summed E-state index contributed by atoms with van der Waals surface area (Å²) in [5.41, 5.74) is 3.20. The number of rotatable bonds is 5. The fourth-order valence-electron chi connectivity index (χ4n) is 4.13. The first-order valence-electron chi connectivity index (χ1n) is 9.68. The van der Waals surface area contributed by atoms with Gasteiger partial charge in [0, 0.05) is 56.5 Å². The lowest BCUT2D eigenvalue weighted by atomic mass is 10.0. The van der Waals surface area contributed by atoms with E-state index in [1.54, 1.807) is 7.11 Å². The first kappa shape index (κ1) is 19.6. The van der Waals surface area contributed by atoms with E-state index in [0.29, 0.717) is 12.8 Å². The van der Waals surface area contributed by atoms with Crippen molar-refractivity contribution in [3.63, 3.8) is 0 Å². The Bertz CT molecular complexity index is 713. The molecule has 2 amide bonds. The number of ether oxygens (including phenoxy) is 1. The molecule has 0 spiro atoms. The molecule has 1 aromatic rings. The molecule has 1 N–H and O–H groups in total. The summed E-state index contributed by atoms with van der Waals surface area (Å²) in [6.45, 7) is 6.72. The van der Waals surface area contributed by atoms with Gasteiger partial charge in [-0.25, -0.2) is 0 Å². The highest BCUT2D eigenvalue weighted by Gasteiger charge is 2.33. The molecule has 0 bridgehead atoms. The Labute approximate surface area is 161 Å². The Morgan fingerprint density at radius 2 is 2.04 bits per heavy atom. The van der Waals surface area contributed by atoms with Crippen LogP contribution in [0.1, 0.15) is 42.5 Å². The van der Waals surface area contributed by atoms with E-state index in [1.807, 2.05) is 25.1 Å². The van der Waals surface area contributed by atoms with E-state index in [9.17, 15) is 9.59 Å². The second kappa shape index (κ2) is 8.25. The van der Waals surface area contributed by atoms with Crippen LogP contribution in [0.5, 0.6) is 5.75 Å². The van der Waals surface area contributed by atoms with E-state index in [2.05, 4.69) is 22.1 Å². The van der Waals surface area contributed by atoms with Gasteiger partial charge in [0.1, 0.15) is 11.8 Å². The zero-order chi connectivity index (χ0) is 19.6. The SMILES string of the molecule is COc1c(C)cnc(CN2CCC(N(C)C(=O)C3CCC(=O)N3)CC2)c1C. The van der Waals surface area contributed by atoms with E-state index < -0.39 is 0 Å². The molecule has 1 unspecified atom stereocenters. The number of piperidine rings is 1. The summed E-state index contributed by atoms with van der Waals surface area (Å²) >= 11 is 0. The quantitative estimate of drug-likeness (QED) is 0.843. The molecule has 7 nitrogen and oxygen atoms in total. The lowest BCUT2D eigenvalue weighted by molar-refractivity contribution is -0.135. The number of carbonyl (C=O) groups is 2. The van der Waals surface area contributed by atoms with Gasteiger partial charge in [0.25, 0.3) is 0 Å². The van der Waals surface area contributed by atoms with Gasteiger partial charge in [-0.05, 0) is 33.1 Å². The summed E-state index contributed by atoms with van der Waals surface area (Å²) in [6, 6.07) is -0.111. The molecule has 3 rings (SSSR count). The fraction of sp³-hybridized carbons (Fsp3) is 0.650. The van der Waals surface area contributed by atoms with Gasteiger partial charge in [0.2, 0.25) is 11.8 Å². The van der Waals surface area contributed by atoms with E-state index in [-0.39, 0.29) is 23.9 Å². The van der Waals surface area contributed by atoms with Crippen molar-refractivity contribution in [2.45, 2.75) is 58.2 Å². The summed E-state index contributed by atoms with van der Waals surface area (Å²) in [7, 11) is 3.56. The number of nitrogens with zero attached hydrogens (tertiary/aromatic N) is 3. The number of carbonyl (C=O) groups excluding carboxylic acids is 2. The van der Waals surface area contributed by atoms with Crippen LogP contribution in [0.4, 0.5) is 0 Å². The topological polar surface area (TPSA) is 74.8 Å². The van der Waals surface area contributed by atoms with Crippen molar-refractivity contribution in [3.05, 3.63) is 23.0 Å². The van der Waals surface area contributed by atoms with Gasteiger partial charge in [-0.3, -0.25) is 19.5 Å². The zero-order valence-corrected chi connectivity index (χ0v) is 16.7. The maximum Gasteiger partial charge on any atom is 0.245 e. The van der Waals surface area contributed by atoms with Crippen LogP contribution in [0.2, 0.25) is 0 Å². The number of hydrogen-bond donors (Lipinski definition) is 1. The number of nitrogens with one attached hydrogen (secondary N) is 1. The third-order valence-electron chi connectivity index (χ3n) is 5.87. The molecular weight excluding hydrogens is 344 g/mol. The molecule has 2 aliphatic heterocycles. The highest BCUT2D eigenvalue weighted by atomic mass is 16.5. The number of methoxy groups -OCH3 is 1. The fourth-order valence-corrected chi connectivity index (χ4v) is 4.13. The standard InChI is InChI=1S/C20H30N4O3/c1-13-11-21-17(14(2)19(13)27-4)12-24-9-7-15(8-10-24)23(3)20(26)16-5-6-18(25)22-16/h11,15-16H,5-10,12H2,1-4H3,(H,22,25). The van der Waals surface area contributed by atoms with Crippen LogP contribution in [0.25, 0.3) is 0 Å². The summed E-state index contributed by atoms with van der Waals surface area (Å²) < 4.78 is 5.50. The largest absolute Gasteiger partial charge is 0.496 e. The van der Waals surface area contributed by atoms with Crippen LogP contribution in [0.15, 0.2) is 6.20 Å². The molecule has 1 atom stereocenters. The molecular formula is C20H30N4O3. The molecule has 7 heteroatoms. The molecule has 148 valence electrons. The summed E-state index contributed by atoms with van der Waals surface area (Å²) in [4.78, 5) is 32.8. The molecule has 0 saturated carbocycles. The monoisotopic (exact) mass is 374 g/mol. The lowest BCUT2D eigenvalue weighted by Crippen LogP contribution is -2.50. The van der Waals surface area contributed by atoms with Crippen molar-refractivity contribution in [3.8, 4) is 5.75 Å². The number of likely N-dealkylation sites (tertiary alicyclic amines) is 1. The number of hydrogen-bond acceptors (Lipinski definition) is 5. The van der Waals surface area contributed by atoms with E-state index in [4.69, 9.17) is 4.74 Å². The second-order valence-corrected chi connectivity index (χ2v) is 7.66.